The number of ether oxygens (including phenoxy) is 1. The molecule has 1 atom stereocenters. The summed E-state index contributed by atoms with van der Waals surface area (Å²) < 4.78 is 48.0. The van der Waals surface area contributed by atoms with Gasteiger partial charge in [0, 0.05) is 12.0 Å². The number of hydrogen-bond donors (Lipinski definition) is 1. The van der Waals surface area contributed by atoms with E-state index >= 15 is 0 Å². The maximum Gasteiger partial charge on any atom is 0.264 e. The van der Waals surface area contributed by atoms with E-state index in [1.54, 1.807) is 24.3 Å². The molecule has 4 rings (SSSR count). The molecule has 1 amide bonds. The molecule has 8 heteroatoms. The number of amides is 1. The van der Waals surface area contributed by atoms with Gasteiger partial charge in [0.1, 0.15) is 23.7 Å². The van der Waals surface area contributed by atoms with Crippen LogP contribution in [0.1, 0.15) is 50.3 Å². The molecule has 0 radical (unpaired) electrons. The molecule has 6 nitrogen and oxygen atoms in total. The number of aryl methyl sites for hydroxylation is 1. The summed E-state index contributed by atoms with van der Waals surface area (Å²) in [5, 5.41) is 3.06. The monoisotopic (exact) mass is 510 g/mol. The van der Waals surface area contributed by atoms with Crippen molar-refractivity contribution < 1.29 is 22.3 Å². The molecule has 36 heavy (non-hydrogen) atoms. The van der Waals surface area contributed by atoms with Gasteiger partial charge in [-0.1, -0.05) is 49.7 Å². The molecule has 190 valence electrons. The summed E-state index contributed by atoms with van der Waals surface area (Å²) in [6.07, 6.45) is 2.13. The molecule has 3 aromatic rings. The zero-order valence-electron chi connectivity index (χ0n) is 20.7. The number of para-hydroxylation sites is 1. The van der Waals surface area contributed by atoms with Gasteiger partial charge in [-0.2, -0.15) is 0 Å². The Morgan fingerprint density at radius 1 is 1.03 bits per heavy atom. The molecular formula is C28H31FN2O4S. The zero-order valence-corrected chi connectivity index (χ0v) is 21.5. The van der Waals surface area contributed by atoms with Crippen LogP contribution >= 0.6 is 0 Å². The summed E-state index contributed by atoms with van der Waals surface area (Å²) in [6, 6.07) is 18.8. The van der Waals surface area contributed by atoms with E-state index in [9.17, 15) is 17.6 Å². The van der Waals surface area contributed by atoms with Crippen molar-refractivity contribution in [1.29, 1.82) is 0 Å². The lowest BCUT2D eigenvalue weighted by molar-refractivity contribution is -0.121. The number of hydrogen-bond acceptors (Lipinski definition) is 4. The highest BCUT2D eigenvalue weighted by atomic mass is 32.2. The lowest BCUT2D eigenvalue weighted by atomic mass is 9.83. The maximum absolute atomic E-state index is 13.6. The van der Waals surface area contributed by atoms with Crippen molar-refractivity contribution >= 4 is 21.6 Å². The number of carbonyl (C=O) groups is 1. The number of nitrogens with one attached hydrogen (secondary N) is 1. The minimum Gasteiger partial charge on any atom is -0.487 e. The Bertz CT molecular complexity index is 1320. The molecule has 0 fully saturated rings. The number of halogens is 1. The Morgan fingerprint density at radius 2 is 1.67 bits per heavy atom. The van der Waals surface area contributed by atoms with Gasteiger partial charge >= 0.3 is 0 Å². The minimum absolute atomic E-state index is 0.0929. The normalized spacial score (nSPS) is 16.5. The molecule has 0 aliphatic carbocycles. The Kier molecular flexibility index (Phi) is 7.36. The van der Waals surface area contributed by atoms with Gasteiger partial charge in [0.2, 0.25) is 5.91 Å². The highest BCUT2D eigenvalue weighted by Gasteiger charge is 2.39. The van der Waals surface area contributed by atoms with E-state index in [0.717, 1.165) is 46.2 Å². The number of anilines is 1. The summed E-state index contributed by atoms with van der Waals surface area (Å²) in [7, 11) is -4.13. The Balaban J connectivity index is 1.65. The average molecular weight is 511 g/mol. The first-order valence-electron chi connectivity index (χ1n) is 12.1. The molecule has 3 aromatic carbocycles. The fourth-order valence-corrected chi connectivity index (χ4v) is 5.98. The van der Waals surface area contributed by atoms with Crippen LogP contribution in [0.4, 0.5) is 10.1 Å². The number of rotatable bonds is 8. The van der Waals surface area contributed by atoms with Crippen LogP contribution in [0.25, 0.3) is 0 Å². The van der Waals surface area contributed by atoms with Crippen LogP contribution in [0.3, 0.4) is 0 Å². The van der Waals surface area contributed by atoms with E-state index in [1.165, 1.54) is 12.1 Å². The van der Waals surface area contributed by atoms with Gasteiger partial charge < -0.3 is 10.1 Å². The number of nitrogens with zero attached hydrogens (tertiary/aromatic N) is 1. The third-order valence-electron chi connectivity index (χ3n) is 6.83. The molecular weight excluding hydrogens is 479 g/mol. The second-order valence-electron chi connectivity index (χ2n) is 9.16. The van der Waals surface area contributed by atoms with Gasteiger partial charge in [0.15, 0.2) is 0 Å². The molecule has 0 saturated heterocycles. The molecule has 1 heterocycles. The van der Waals surface area contributed by atoms with Gasteiger partial charge in [-0.05, 0) is 62.2 Å². The first-order chi connectivity index (χ1) is 17.2. The Morgan fingerprint density at radius 3 is 2.31 bits per heavy atom. The second-order valence-corrected chi connectivity index (χ2v) is 11.0. The standard InChI is InChI=1S/C28H31FN2O4S/c1-4-28(5-2)18-25(24-8-6-7-9-26(24)35-28)30-27(32)19-31(22-14-10-20(3)11-15-22)36(33,34)23-16-12-21(29)13-17-23/h6-17,25H,4-5,18-19H2,1-3H3,(H,30,32)/t25-/m1/s1. The minimum atomic E-state index is -4.13. The first kappa shape index (κ1) is 25.7. The lowest BCUT2D eigenvalue weighted by Gasteiger charge is -2.41. The topological polar surface area (TPSA) is 75.7 Å². The van der Waals surface area contributed by atoms with Crippen LogP contribution < -0.4 is 14.4 Å². The van der Waals surface area contributed by atoms with E-state index in [1.807, 2.05) is 31.2 Å². The van der Waals surface area contributed by atoms with Crippen LogP contribution in [0.5, 0.6) is 5.75 Å². The summed E-state index contributed by atoms with van der Waals surface area (Å²) in [5.41, 5.74) is 1.76. The van der Waals surface area contributed by atoms with E-state index in [0.29, 0.717) is 12.1 Å². The summed E-state index contributed by atoms with van der Waals surface area (Å²) in [5.74, 6) is -0.252. The predicted molar refractivity (Wildman–Crippen MR) is 138 cm³/mol. The van der Waals surface area contributed by atoms with E-state index in [-0.39, 0.29) is 10.9 Å². The van der Waals surface area contributed by atoms with Crippen molar-refractivity contribution in [2.24, 2.45) is 0 Å². The van der Waals surface area contributed by atoms with Crippen molar-refractivity contribution in [1.82, 2.24) is 5.32 Å². The predicted octanol–water partition coefficient (Wildman–Crippen LogP) is 5.53. The molecule has 0 bridgehead atoms. The second kappa shape index (κ2) is 10.3. The molecule has 0 aromatic heterocycles. The highest BCUT2D eigenvalue weighted by molar-refractivity contribution is 7.92. The number of sulfonamides is 1. The largest absolute Gasteiger partial charge is 0.487 e. The van der Waals surface area contributed by atoms with Gasteiger partial charge in [-0.15, -0.1) is 0 Å². The van der Waals surface area contributed by atoms with Crippen LogP contribution in [-0.2, 0) is 14.8 Å². The molecule has 0 saturated carbocycles. The third kappa shape index (κ3) is 5.23. The highest BCUT2D eigenvalue weighted by Crippen LogP contribution is 2.42. The number of carbonyl (C=O) groups excluding carboxylic acids is 1. The number of fused-ring (bicyclic) bond motifs is 1. The first-order valence-corrected chi connectivity index (χ1v) is 13.5. The summed E-state index contributed by atoms with van der Waals surface area (Å²) >= 11 is 0. The maximum atomic E-state index is 13.6. The van der Waals surface area contributed by atoms with Crippen LogP contribution in [0, 0.1) is 12.7 Å². The quantitative estimate of drug-likeness (QED) is 0.433. The molecule has 0 spiro atoms. The van der Waals surface area contributed by atoms with E-state index < -0.39 is 33.9 Å². The number of benzene rings is 3. The van der Waals surface area contributed by atoms with Crippen molar-refractivity contribution in [3.63, 3.8) is 0 Å². The molecule has 1 N–H and O–H groups in total. The van der Waals surface area contributed by atoms with Gasteiger partial charge in [-0.3, -0.25) is 9.10 Å². The SMILES string of the molecule is CCC1(CC)C[C@@H](NC(=O)CN(c2ccc(C)cc2)S(=O)(=O)c2ccc(F)cc2)c2ccccc2O1. The van der Waals surface area contributed by atoms with E-state index in [4.69, 9.17) is 4.74 Å². The zero-order chi connectivity index (χ0) is 25.9. The summed E-state index contributed by atoms with van der Waals surface area (Å²) in [6.45, 7) is 5.59. The van der Waals surface area contributed by atoms with Crippen molar-refractivity contribution in [2.45, 2.75) is 56.6 Å². The smallest absolute Gasteiger partial charge is 0.264 e. The molecule has 1 aliphatic rings. The molecule has 1 aliphatic heterocycles. The Labute approximate surface area is 212 Å². The average Bonchev–Trinajstić information content (AvgIpc) is 2.88. The van der Waals surface area contributed by atoms with Crippen LogP contribution in [0.15, 0.2) is 77.7 Å². The fourth-order valence-electron chi connectivity index (χ4n) is 4.56. The van der Waals surface area contributed by atoms with Gasteiger partial charge in [0.05, 0.1) is 16.6 Å². The van der Waals surface area contributed by atoms with E-state index in [2.05, 4.69) is 19.2 Å². The Hall–Kier alpha value is -3.39. The fraction of sp³-hybridized carbons (Fsp3) is 0.321. The lowest BCUT2D eigenvalue weighted by Crippen LogP contribution is -2.47. The van der Waals surface area contributed by atoms with Crippen LogP contribution in [-0.4, -0.2) is 26.5 Å². The summed E-state index contributed by atoms with van der Waals surface area (Å²) in [4.78, 5) is 13.3. The van der Waals surface area contributed by atoms with Crippen molar-refractivity contribution in [3.05, 3.63) is 89.7 Å². The van der Waals surface area contributed by atoms with Crippen molar-refractivity contribution in [2.75, 3.05) is 10.8 Å². The van der Waals surface area contributed by atoms with Gasteiger partial charge in [-0.25, -0.2) is 12.8 Å². The van der Waals surface area contributed by atoms with Crippen LogP contribution in [0.2, 0.25) is 0 Å². The molecule has 0 unspecified atom stereocenters. The third-order valence-corrected chi connectivity index (χ3v) is 8.62. The van der Waals surface area contributed by atoms with Gasteiger partial charge in [0.25, 0.3) is 10.0 Å². The van der Waals surface area contributed by atoms with Crippen molar-refractivity contribution in [3.8, 4) is 5.75 Å².